The first-order chi connectivity index (χ1) is 11.4. The van der Waals surface area contributed by atoms with E-state index in [0.717, 1.165) is 24.0 Å². The molecule has 24 heavy (non-hydrogen) atoms. The van der Waals surface area contributed by atoms with Crippen LogP contribution in [0, 0.1) is 0 Å². The van der Waals surface area contributed by atoms with Gasteiger partial charge in [0.1, 0.15) is 0 Å². The monoisotopic (exact) mass is 412 g/mol. The fourth-order valence-corrected chi connectivity index (χ4v) is 4.49. The van der Waals surface area contributed by atoms with Crippen LogP contribution in [0.1, 0.15) is 39.2 Å². The van der Waals surface area contributed by atoms with Crippen LogP contribution in [0.5, 0.6) is 0 Å². The van der Waals surface area contributed by atoms with Gasteiger partial charge in [-0.3, -0.25) is 5.01 Å². The molecule has 0 spiro atoms. The summed E-state index contributed by atoms with van der Waals surface area (Å²) in [6, 6.07) is 9.04. The van der Waals surface area contributed by atoms with Crippen molar-refractivity contribution in [1.82, 2.24) is 5.01 Å². The molecule has 1 aliphatic rings. The van der Waals surface area contributed by atoms with E-state index in [-0.39, 0.29) is 4.75 Å². The number of nitrogens with zero attached hydrogens (tertiary/aromatic N) is 2. The topological polar surface area (TPSA) is 24.8 Å². The van der Waals surface area contributed by atoms with E-state index < -0.39 is 0 Å². The number of hydrogen-bond donors (Lipinski definition) is 0. The summed E-state index contributed by atoms with van der Waals surface area (Å²) in [6.45, 7) is 8.61. The molecular formula is C19H29BrN2OS. The van der Waals surface area contributed by atoms with Crippen LogP contribution >= 0.6 is 27.7 Å². The Bertz CT molecular complexity index is 527. The average Bonchev–Trinajstić information content (AvgIpc) is 2.93. The molecule has 0 aliphatic carbocycles. The third-order valence-electron chi connectivity index (χ3n) is 3.94. The quantitative estimate of drug-likeness (QED) is 0.589. The highest BCUT2D eigenvalue weighted by Gasteiger charge is 2.24. The Morgan fingerprint density at radius 2 is 2.08 bits per heavy atom. The molecular weight excluding hydrogens is 384 g/mol. The van der Waals surface area contributed by atoms with Crippen LogP contribution in [0.25, 0.3) is 0 Å². The summed E-state index contributed by atoms with van der Waals surface area (Å²) >= 11 is 5.49. The first-order valence-electron chi connectivity index (χ1n) is 8.59. The Kier molecular flexibility index (Phi) is 7.63. The molecule has 134 valence electrons. The normalized spacial score (nSPS) is 20.0. The van der Waals surface area contributed by atoms with Crippen LogP contribution in [0.2, 0.25) is 0 Å². The number of benzene rings is 1. The largest absolute Gasteiger partial charge is 0.382 e. The van der Waals surface area contributed by atoms with Gasteiger partial charge in [0, 0.05) is 34.3 Å². The highest BCUT2D eigenvalue weighted by Crippen LogP contribution is 2.30. The lowest BCUT2D eigenvalue weighted by Gasteiger charge is -2.25. The van der Waals surface area contributed by atoms with Gasteiger partial charge >= 0.3 is 0 Å². The number of methoxy groups -OCH3 is 1. The predicted molar refractivity (Wildman–Crippen MR) is 109 cm³/mol. The lowest BCUT2D eigenvalue weighted by molar-refractivity contribution is 0.118. The summed E-state index contributed by atoms with van der Waals surface area (Å²) in [5, 5.41) is 7.40. The summed E-state index contributed by atoms with van der Waals surface area (Å²) in [6.07, 6.45) is 5.53. The van der Waals surface area contributed by atoms with Gasteiger partial charge in [-0.15, -0.1) is 11.8 Å². The predicted octanol–water partition coefficient (Wildman–Crippen LogP) is 4.99. The molecule has 5 heteroatoms. The van der Waals surface area contributed by atoms with Crippen molar-refractivity contribution in [1.29, 1.82) is 0 Å². The van der Waals surface area contributed by atoms with Gasteiger partial charge in [0.2, 0.25) is 0 Å². The molecule has 2 atom stereocenters. The van der Waals surface area contributed by atoms with Crippen LogP contribution in [0.15, 0.2) is 33.8 Å². The van der Waals surface area contributed by atoms with E-state index in [1.165, 1.54) is 18.4 Å². The molecule has 1 fully saturated rings. The van der Waals surface area contributed by atoms with E-state index in [1.807, 2.05) is 11.8 Å². The van der Waals surface area contributed by atoms with E-state index in [1.54, 1.807) is 7.11 Å². The second-order valence-electron chi connectivity index (χ2n) is 7.28. The van der Waals surface area contributed by atoms with Crippen LogP contribution < -0.4 is 0 Å². The molecule has 3 nitrogen and oxygen atoms in total. The van der Waals surface area contributed by atoms with Crippen molar-refractivity contribution in [3.8, 4) is 0 Å². The maximum absolute atomic E-state index is 5.33. The van der Waals surface area contributed by atoms with Crippen LogP contribution in [-0.2, 0) is 11.2 Å². The lowest BCUT2D eigenvalue weighted by Crippen LogP contribution is -2.29. The second kappa shape index (κ2) is 9.25. The first-order valence-corrected chi connectivity index (χ1v) is 10.3. The highest BCUT2D eigenvalue weighted by atomic mass is 79.9. The van der Waals surface area contributed by atoms with Crippen molar-refractivity contribution in [2.45, 2.75) is 56.1 Å². The summed E-state index contributed by atoms with van der Waals surface area (Å²) in [5.41, 5.74) is 1.35. The Morgan fingerprint density at radius 3 is 2.71 bits per heavy atom. The number of hydrogen-bond acceptors (Lipinski definition) is 4. The lowest BCUT2D eigenvalue weighted by atomic mass is 10.1. The minimum absolute atomic E-state index is 0.211. The SMILES string of the molecule is COC[C@@H]1CCCN1/N=C/[C@H](Cc1ccc(Br)cc1)SC(C)(C)C. The number of rotatable bonds is 7. The molecule has 0 unspecified atom stereocenters. The molecule has 0 bridgehead atoms. The van der Waals surface area contributed by atoms with E-state index in [0.29, 0.717) is 11.3 Å². The summed E-state index contributed by atoms with van der Waals surface area (Å²) in [7, 11) is 1.77. The van der Waals surface area contributed by atoms with Gasteiger partial charge in [-0.2, -0.15) is 5.10 Å². The van der Waals surface area contributed by atoms with Crippen molar-refractivity contribution in [3.63, 3.8) is 0 Å². The Hall–Kier alpha value is -0.520. The van der Waals surface area contributed by atoms with Gasteiger partial charge in [0.05, 0.1) is 12.6 Å². The standard InChI is InChI=1S/C19H29BrN2OS/c1-19(2,3)24-18(12-15-7-9-16(20)10-8-15)13-21-22-11-5-6-17(22)14-23-4/h7-10,13,17-18H,5-6,11-12,14H2,1-4H3/b21-13+/t17-,18-/m0/s1. The molecule has 1 aromatic rings. The zero-order valence-corrected chi connectivity index (χ0v) is 17.6. The fourth-order valence-electron chi connectivity index (χ4n) is 2.93. The molecule has 0 aromatic heterocycles. The minimum atomic E-state index is 0.211. The molecule has 2 rings (SSSR count). The molecule has 1 aliphatic heterocycles. The van der Waals surface area contributed by atoms with Crippen molar-refractivity contribution in [2.75, 3.05) is 20.3 Å². The Labute approximate surface area is 159 Å². The molecule has 0 N–H and O–H groups in total. The summed E-state index contributed by atoms with van der Waals surface area (Å²) < 4.78 is 6.66. The van der Waals surface area contributed by atoms with E-state index in [9.17, 15) is 0 Å². The van der Waals surface area contributed by atoms with E-state index >= 15 is 0 Å². The van der Waals surface area contributed by atoms with Gasteiger partial charge < -0.3 is 4.74 Å². The Morgan fingerprint density at radius 1 is 1.38 bits per heavy atom. The minimum Gasteiger partial charge on any atom is -0.382 e. The smallest absolute Gasteiger partial charge is 0.0704 e. The van der Waals surface area contributed by atoms with Crippen LogP contribution in [-0.4, -0.2) is 47.5 Å². The van der Waals surface area contributed by atoms with Gasteiger partial charge in [-0.1, -0.05) is 48.8 Å². The zero-order valence-electron chi connectivity index (χ0n) is 15.2. The molecule has 0 saturated carbocycles. The van der Waals surface area contributed by atoms with Gasteiger partial charge in [0.25, 0.3) is 0 Å². The maximum atomic E-state index is 5.33. The number of thioether (sulfide) groups is 1. The maximum Gasteiger partial charge on any atom is 0.0704 e. The number of hydrazone groups is 1. The van der Waals surface area contributed by atoms with E-state index in [2.05, 4.69) is 72.2 Å². The average molecular weight is 413 g/mol. The molecule has 0 radical (unpaired) electrons. The van der Waals surface area contributed by atoms with Crippen molar-refractivity contribution < 1.29 is 4.74 Å². The summed E-state index contributed by atoms with van der Waals surface area (Å²) in [5.74, 6) is 0. The van der Waals surface area contributed by atoms with Crippen molar-refractivity contribution in [2.24, 2.45) is 5.10 Å². The zero-order chi connectivity index (χ0) is 17.6. The molecule has 1 saturated heterocycles. The summed E-state index contributed by atoms with van der Waals surface area (Å²) in [4.78, 5) is 0. The third kappa shape index (κ3) is 6.77. The van der Waals surface area contributed by atoms with E-state index in [4.69, 9.17) is 9.84 Å². The van der Waals surface area contributed by atoms with Crippen LogP contribution in [0.3, 0.4) is 0 Å². The molecule has 1 heterocycles. The van der Waals surface area contributed by atoms with Gasteiger partial charge in [0.15, 0.2) is 0 Å². The van der Waals surface area contributed by atoms with Gasteiger partial charge in [-0.25, -0.2) is 0 Å². The van der Waals surface area contributed by atoms with Gasteiger partial charge in [-0.05, 0) is 37.0 Å². The van der Waals surface area contributed by atoms with Crippen molar-refractivity contribution >= 4 is 33.9 Å². The van der Waals surface area contributed by atoms with Crippen molar-refractivity contribution in [3.05, 3.63) is 34.3 Å². The first kappa shape index (κ1) is 19.8. The second-order valence-corrected chi connectivity index (χ2v) is 10.3. The third-order valence-corrected chi connectivity index (χ3v) is 5.77. The number of halogens is 1. The molecule has 1 aromatic carbocycles. The highest BCUT2D eigenvalue weighted by molar-refractivity contribution is 9.10. The Balaban J connectivity index is 2.05. The fraction of sp³-hybridized carbons (Fsp3) is 0.632. The van der Waals surface area contributed by atoms with Crippen LogP contribution in [0.4, 0.5) is 0 Å². The number of ether oxygens (including phenoxy) is 1. The molecule has 0 amide bonds.